The van der Waals surface area contributed by atoms with Crippen molar-refractivity contribution in [3.63, 3.8) is 0 Å². The van der Waals surface area contributed by atoms with Crippen molar-refractivity contribution in [3.8, 4) is 0 Å². The minimum atomic E-state index is -1.37. The largest absolute Gasteiger partial charge is 0.481 e. The lowest BCUT2D eigenvalue weighted by Gasteiger charge is -2.19. The van der Waals surface area contributed by atoms with Crippen LogP contribution in [0, 0.1) is 5.92 Å². The van der Waals surface area contributed by atoms with E-state index in [-0.39, 0.29) is 19.4 Å². The first-order valence-electron chi connectivity index (χ1n) is 5.89. The lowest BCUT2D eigenvalue weighted by atomic mass is 10.0. The standard InChI is InChI=1S/C13H20O6/c1-5-8-18-12(17)9(11(15)16)6-7-10(14)19-13(2,3)4/h5,9H,1,6-8H2,2-4H3,(H,15,16). The third-order valence-corrected chi connectivity index (χ3v) is 1.98. The highest BCUT2D eigenvalue weighted by Crippen LogP contribution is 2.14. The van der Waals surface area contributed by atoms with Crippen molar-refractivity contribution in [2.75, 3.05) is 6.61 Å². The van der Waals surface area contributed by atoms with E-state index in [1.807, 2.05) is 0 Å². The van der Waals surface area contributed by atoms with Crippen LogP contribution in [0.2, 0.25) is 0 Å². The van der Waals surface area contributed by atoms with Crippen LogP contribution < -0.4 is 0 Å². The molecule has 0 aromatic carbocycles. The highest BCUT2D eigenvalue weighted by atomic mass is 16.6. The van der Waals surface area contributed by atoms with E-state index < -0.39 is 29.4 Å². The molecule has 0 saturated carbocycles. The molecule has 0 aliphatic rings. The van der Waals surface area contributed by atoms with Crippen molar-refractivity contribution in [2.45, 2.75) is 39.2 Å². The first-order chi connectivity index (χ1) is 8.67. The Morgan fingerprint density at radius 1 is 1.32 bits per heavy atom. The lowest BCUT2D eigenvalue weighted by Crippen LogP contribution is -2.28. The van der Waals surface area contributed by atoms with Gasteiger partial charge in [0.25, 0.3) is 0 Å². The number of ether oxygens (including phenoxy) is 2. The fourth-order valence-corrected chi connectivity index (χ4v) is 1.24. The van der Waals surface area contributed by atoms with Crippen molar-refractivity contribution in [2.24, 2.45) is 5.92 Å². The number of hydrogen-bond donors (Lipinski definition) is 1. The van der Waals surface area contributed by atoms with Crippen LogP contribution in [0.5, 0.6) is 0 Å². The van der Waals surface area contributed by atoms with Crippen LogP contribution >= 0.6 is 0 Å². The van der Waals surface area contributed by atoms with Crippen molar-refractivity contribution >= 4 is 17.9 Å². The van der Waals surface area contributed by atoms with Crippen LogP contribution in [-0.4, -0.2) is 35.2 Å². The molecule has 0 spiro atoms. The van der Waals surface area contributed by atoms with E-state index in [1.54, 1.807) is 20.8 Å². The Morgan fingerprint density at radius 3 is 2.32 bits per heavy atom. The van der Waals surface area contributed by atoms with Crippen molar-refractivity contribution in [1.82, 2.24) is 0 Å². The van der Waals surface area contributed by atoms with Crippen molar-refractivity contribution in [1.29, 1.82) is 0 Å². The smallest absolute Gasteiger partial charge is 0.320 e. The van der Waals surface area contributed by atoms with Gasteiger partial charge >= 0.3 is 17.9 Å². The van der Waals surface area contributed by atoms with Gasteiger partial charge in [-0.3, -0.25) is 14.4 Å². The molecule has 0 fully saturated rings. The van der Waals surface area contributed by atoms with Gasteiger partial charge in [0.1, 0.15) is 12.2 Å². The van der Waals surface area contributed by atoms with E-state index in [0.717, 1.165) is 0 Å². The van der Waals surface area contributed by atoms with E-state index in [1.165, 1.54) is 6.08 Å². The molecule has 0 saturated heterocycles. The van der Waals surface area contributed by atoms with Gasteiger partial charge in [0.05, 0.1) is 0 Å². The SMILES string of the molecule is C=CCOC(=O)C(CCC(=O)OC(C)(C)C)C(=O)O. The summed E-state index contributed by atoms with van der Waals surface area (Å²) in [6, 6.07) is 0. The first-order valence-corrected chi connectivity index (χ1v) is 5.89. The number of rotatable bonds is 7. The zero-order valence-corrected chi connectivity index (χ0v) is 11.5. The summed E-state index contributed by atoms with van der Waals surface area (Å²) in [5, 5.41) is 8.91. The molecule has 1 unspecified atom stereocenters. The lowest BCUT2D eigenvalue weighted by molar-refractivity contribution is -0.159. The molecule has 1 atom stereocenters. The number of carbonyl (C=O) groups is 3. The highest BCUT2D eigenvalue weighted by Gasteiger charge is 2.29. The fraction of sp³-hybridized carbons (Fsp3) is 0.615. The number of esters is 2. The predicted molar refractivity (Wildman–Crippen MR) is 67.4 cm³/mol. The van der Waals surface area contributed by atoms with Gasteiger partial charge in [0.15, 0.2) is 5.92 Å². The average Bonchev–Trinajstić information content (AvgIpc) is 2.23. The molecule has 1 N–H and O–H groups in total. The minimum absolute atomic E-state index is 0.0605. The van der Waals surface area contributed by atoms with Gasteiger partial charge in [-0.15, -0.1) is 0 Å². The summed E-state index contributed by atoms with van der Waals surface area (Å²) in [4.78, 5) is 33.8. The summed E-state index contributed by atoms with van der Waals surface area (Å²) in [6.07, 6.45) is 1.03. The summed E-state index contributed by atoms with van der Waals surface area (Å²) in [5.74, 6) is -4.11. The van der Waals surface area contributed by atoms with Gasteiger partial charge in [-0.1, -0.05) is 12.7 Å². The molecule has 0 rings (SSSR count). The predicted octanol–water partition coefficient (Wildman–Crippen LogP) is 1.54. The van der Waals surface area contributed by atoms with Gasteiger partial charge in [0.2, 0.25) is 0 Å². The molecule has 0 aliphatic carbocycles. The molecule has 19 heavy (non-hydrogen) atoms. The molecular formula is C13H20O6. The van der Waals surface area contributed by atoms with Crippen molar-refractivity contribution in [3.05, 3.63) is 12.7 Å². The Bertz CT molecular complexity index is 353. The molecular weight excluding hydrogens is 252 g/mol. The fourth-order valence-electron chi connectivity index (χ4n) is 1.24. The molecule has 0 amide bonds. The minimum Gasteiger partial charge on any atom is -0.481 e. The molecule has 0 radical (unpaired) electrons. The molecule has 0 aromatic heterocycles. The molecule has 0 aliphatic heterocycles. The Hall–Kier alpha value is -1.85. The summed E-state index contributed by atoms with van der Waals surface area (Å²) in [7, 11) is 0. The van der Waals surface area contributed by atoms with Crippen LogP contribution in [0.1, 0.15) is 33.6 Å². The summed E-state index contributed by atoms with van der Waals surface area (Å²) < 4.78 is 9.69. The van der Waals surface area contributed by atoms with Gasteiger partial charge < -0.3 is 14.6 Å². The maximum atomic E-state index is 11.4. The highest BCUT2D eigenvalue weighted by molar-refractivity contribution is 5.94. The van der Waals surface area contributed by atoms with Crippen molar-refractivity contribution < 1.29 is 29.0 Å². The van der Waals surface area contributed by atoms with E-state index in [4.69, 9.17) is 9.84 Å². The second-order valence-corrected chi connectivity index (χ2v) is 4.93. The van der Waals surface area contributed by atoms with Crippen LogP contribution in [0.25, 0.3) is 0 Å². The van der Waals surface area contributed by atoms with E-state index in [9.17, 15) is 14.4 Å². The maximum absolute atomic E-state index is 11.4. The van der Waals surface area contributed by atoms with Gasteiger partial charge in [0, 0.05) is 6.42 Å². The zero-order valence-electron chi connectivity index (χ0n) is 11.5. The normalized spacial score (nSPS) is 12.4. The Balaban J connectivity index is 4.37. The van der Waals surface area contributed by atoms with Crippen LogP contribution in [0.15, 0.2) is 12.7 Å². The molecule has 0 heterocycles. The van der Waals surface area contributed by atoms with E-state index in [2.05, 4.69) is 11.3 Å². The number of carboxylic acid groups (broad SMARTS) is 1. The third kappa shape index (κ3) is 7.96. The molecule has 0 aromatic rings. The van der Waals surface area contributed by atoms with Crippen LogP contribution in [0.3, 0.4) is 0 Å². The van der Waals surface area contributed by atoms with Crippen LogP contribution in [0.4, 0.5) is 0 Å². The zero-order chi connectivity index (χ0) is 15.1. The summed E-state index contributed by atoms with van der Waals surface area (Å²) in [6.45, 7) is 8.41. The number of carbonyl (C=O) groups excluding carboxylic acids is 2. The number of aliphatic carboxylic acids is 1. The Kier molecular flexibility index (Phi) is 6.82. The van der Waals surface area contributed by atoms with E-state index >= 15 is 0 Å². The van der Waals surface area contributed by atoms with E-state index in [0.29, 0.717) is 0 Å². The third-order valence-electron chi connectivity index (χ3n) is 1.98. The molecule has 6 nitrogen and oxygen atoms in total. The van der Waals surface area contributed by atoms with Gasteiger partial charge in [-0.2, -0.15) is 0 Å². The molecule has 108 valence electrons. The first kappa shape index (κ1) is 17.2. The monoisotopic (exact) mass is 272 g/mol. The average molecular weight is 272 g/mol. The topological polar surface area (TPSA) is 89.9 Å². The second kappa shape index (κ2) is 7.56. The van der Waals surface area contributed by atoms with Gasteiger partial charge in [-0.25, -0.2) is 0 Å². The maximum Gasteiger partial charge on any atom is 0.320 e. The van der Waals surface area contributed by atoms with Gasteiger partial charge in [-0.05, 0) is 27.2 Å². The summed E-state index contributed by atoms with van der Waals surface area (Å²) >= 11 is 0. The number of hydrogen-bond acceptors (Lipinski definition) is 5. The number of carboxylic acids is 1. The Labute approximate surface area is 112 Å². The summed E-state index contributed by atoms with van der Waals surface area (Å²) in [5.41, 5.74) is -0.640. The molecule has 0 bridgehead atoms. The Morgan fingerprint density at radius 2 is 1.89 bits per heavy atom. The van der Waals surface area contributed by atoms with Crippen LogP contribution in [-0.2, 0) is 23.9 Å². The second-order valence-electron chi connectivity index (χ2n) is 4.93. The molecule has 6 heteroatoms. The quantitative estimate of drug-likeness (QED) is 0.429.